The highest BCUT2D eigenvalue weighted by Crippen LogP contribution is 2.45. The van der Waals surface area contributed by atoms with Crippen LogP contribution in [0.15, 0.2) is 192 Å². The van der Waals surface area contributed by atoms with Crippen molar-refractivity contribution >= 4 is 49.8 Å². The van der Waals surface area contributed by atoms with Crippen LogP contribution in [0.2, 0.25) is 0 Å². The van der Waals surface area contributed by atoms with Crippen LogP contribution in [0.25, 0.3) is 66.1 Å². The summed E-state index contributed by atoms with van der Waals surface area (Å²) in [5.74, 6) is 0. The largest absolute Gasteiger partial charge is 0.454 e. The summed E-state index contributed by atoms with van der Waals surface area (Å²) in [7, 11) is 0. The molecule has 0 radical (unpaired) electrons. The van der Waals surface area contributed by atoms with E-state index in [-0.39, 0.29) is 0 Å². The molecule has 0 aliphatic rings. The number of hydrogen-bond donors (Lipinski definition) is 0. The molecule has 0 aliphatic carbocycles. The van der Waals surface area contributed by atoms with Crippen molar-refractivity contribution < 1.29 is 4.42 Å². The van der Waals surface area contributed by atoms with Crippen LogP contribution in [0, 0.1) is 0 Å². The first kappa shape index (κ1) is 27.9. The number of nitrogens with zero attached hydrogens (tertiary/aromatic N) is 1. The van der Waals surface area contributed by atoms with Crippen molar-refractivity contribution in [1.82, 2.24) is 0 Å². The fraction of sp³-hybridized carbons (Fsp3) is 0. The summed E-state index contributed by atoms with van der Waals surface area (Å²) < 4.78 is 6.77. The van der Waals surface area contributed by atoms with E-state index in [4.69, 9.17) is 4.42 Å². The summed E-state index contributed by atoms with van der Waals surface area (Å²) in [6.45, 7) is 0. The molecule has 2 nitrogen and oxygen atoms in total. The van der Waals surface area contributed by atoms with Crippen molar-refractivity contribution in [3.8, 4) is 33.4 Å². The van der Waals surface area contributed by atoms with Crippen LogP contribution in [-0.2, 0) is 0 Å². The molecule has 0 aliphatic heterocycles. The Morgan fingerprint density at radius 1 is 0.354 bits per heavy atom. The van der Waals surface area contributed by atoms with Gasteiger partial charge in [-0.2, -0.15) is 0 Å². The molecule has 1 aromatic heterocycles. The molecule has 48 heavy (non-hydrogen) atoms. The highest BCUT2D eigenvalue weighted by atomic mass is 16.3. The molecule has 9 rings (SSSR count). The molecule has 8 aromatic carbocycles. The number of hydrogen-bond acceptors (Lipinski definition) is 2. The smallest absolute Gasteiger partial charge is 0.159 e. The van der Waals surface area contributed by atoms with Crippen molar-refractivity contribution in [3.63, 3.8) is 0 Å². The molecule has 0 bridgehead atoms. The van der Waals surface area contributed by atoms with Gasteiger partial charge in [-0.1, -0.05) is 146 Å². The van der Waals surface area contributed by atoms with Crippen molar-refractivity contribution in [1.29, 1.82) is 0 Å². The van der Waals surface area contributed by atoms with Crippen LogP contribution in [0.1, 0.15) is 0 Å². The molecule has 0 atom stereocenters. The van der Waals surface area contributed by atoms with Crippen molar-refractivity contribution in [2.45, 2.75) is 0 Å². The Morgan fingerprint density at radius 2 is 0.917 bits per heavy atom. The third-order valence-electron chi connectivity index (χ3n) is 9.25. The van der Waals surface area contributed by atoms with Gasteiger partial charge in [0.1, 0.15) is 5.58 Å². The zero-order valence-electron chi connectivity index (χ0n) is 26.3. The Bertz CT molecular complexity index is 2530. The molecular weight excluding hydrogens is 583 g/mol. The zero-order valence-corrected chi connectivity index (χ0v) is 26.3. The number of fused-ring (bicyclic) bond motifs is 4. The van der Waals surface area contributed by atoms with Gasteiger partial charge in [0, 0.05) is 22.1 Å². The fourth-order valence-electron chi connectivity index (χ4n) is 6.90. The minimum absolute atomic E-state index is 0.864. The normalized spacial score (nSPS) is 11.3. The van der Waals surface area contributed by atoms with E-state index < -0.39 is 0 Å². The molecule has 0 saturated carbocycles. The van der Waals surface area contributed by atoms with Crippen molar-refractivity contribution in [3.05, 3.63) is 188 Å². The number of anilines is 3. The maximum atomic E-state index is 6.77. The van der Waals surface area contributed by atoms with E-state index in [9.17, 15) is 0 Å². The fourth-order valence-corrected chi connectivity index (χ4v) is 6.90. The van der Waals surface area contributed by atoms with Crippen molar-refractivity contribution in [2.24, 2.45) is 0 Å². The molecule has 0 spiro atoms. The van der Waals surface area contributed by atoms with Crippen LogP contribution < -0.4 is 4.90 Å². The average molecular weight is 614 g/mol. The molecule has 9 aromatic rings. The average Bonchev–Trinajstić information content (AvgIpc) is 3.53. The van der Waals surface area contributed by atoms with Gasteiger partial charge in [-0.05, 0) is 86.6 Å². The second-order valence-electron chi connectivity index (χ2n) is 12.2. The first-order valence-electron chi connectivity index (χ1n) is 16.3. The van der Waals surface area contributed by atoms with Crippen molar-refractivity contribution in [2.75, 3.05) is 4.90 Å². The van der Waals surface area contributed by atoms with Gasteiger partial charge >= 0.3 is 0 Å². The maximum Gasteiger partial charge on any atom is 0.159 e. The highest BCUT2D eigenvalue weighted by Gasteiger charge is 2.21. The SMILES string of the molecule is c1ccc(-c2ccc(N(c3ccc(-c4ccccc4)c(-c4ccccc4)c3)c3cccc4c3oc3cc5ccccc5cc34)cc2)cc1. The second-order valence-corrected chi connectivity index (χ2v) is 12.2. The summed E-state index contributed by atoms with van der Waals surface area (Å²) >= 11 is 0. The van der Waals surface area contributed by atoms with E-state index in [1.165, 1.54) is 44.2 Å². The second kappa shape index (κ2) is 11.8. The monoisotopic (exact) mass is 613 g/mol. The molecule has 0 unspecified atom stereocenters. The molecule has 0 amide bonds. The summed E-state index contributed by atoms with van der Waals surface area (Å²) in [5, 5.41) is 4.59. The summed E-state index contributed by atoms with van der Waals surface area (Å²) in [4.78, 5) is 2.33. The minimum Gasteiger partial charge on any atom is -0.454 e. The number of benzene rings is 8. The topological polar surface area (TPSA) is 16.4 Å². The quantitative estimate of drug-likeness (QED) is 0.185. The van der Waals surface area contributed by atoms with Gasteiger partial charge in [0.05, 0.1) is 5.69 Å². The molecule has 2 heteroatoms. The lowest BCUT2D eigenvalue weighted by Crippen LogP contribution is -2.10. The Labute approximate surface area is 279 Å². The summed E-state index contributed by atoms with van der Waals surface area (Å²) in [6, 6.07) is 66.8. The molecule has 226 valence electrons. The van der Waals surface area contributed by atoms with Gasteiger partial charge in [-0.3, -0.25) is 0 Å². The van der Waals surface area contributed by atoms with E-state index in [0.717, 1.165) is 39.0 Å². The molecule has 0 saturated heterocycles. The van der Waals surface area contributed by atoms with E-state index in [1.807, 2.05) is 0 Å². The zero-order chi connectivity index (χ0) is 31.9. The van der Waals surface area contributed by atoms with E-state index >= 15 is 0 Å². The summed E-state index contributed by atoms with van der Waals surface area (Å²) in [6.07, 6.45) is 0. The Kier molecular flexibility index (Phi) is 6.84. The molecule has 0 fully saturated rings. The van der Waals surface area contributed by atoms with Gasteiger partial charge in [0.2, 0.25) is 0 Å². The van der Waals surface area contributed by atoms with Gasteiger partial charge in [0.15, 0.2) is 5.58 Å². The lowest BCUT2D eigenvalue weighted by molar-refractivity contribution is 0.669. The highest BCUT2D eigenvalue weighted by molar-refractivity contribution is 6.13. The van der Waals surface area contributed by atoms with E-state index in [0.29, 0.717) is 0 Å². The van der Waals surface area contributed by atoms with Gasteiger partial charge < -0.3 is 9.32 Å². The van der Waals surface area contributed by atoms with E-state index in [2.05, 4.69) is 193 Å². The Balaban J connectivity index is 1.28. The Morgan fingerprint density at radius 3 is 1.60 bits per heavy atom. The van der Waals surface area contributed by atoms with Crippen LogP contribution in [0.3, 0.4) is 0 Å². The van der Waals surface area contributed by atoms with Crippen LogP contribution in [-0.4, -0.2) is 0 Å². The number of para-hydroxylation sites is 1. The maximum absolute atomic E-state index is 6.77. The Hall–Kier alpha value is -6.38. The van der Waals surface area contributed by atoms with Gasteiger partial charge in [0.25, 0.3) is 0 Å². The standard InChI is InChI=1S/C46H31NO/c1-4-13-32(14-5-1)33-23-25-38(26-24-33)47(39-27-28-40(34-15-6-2-7-16-34)42(31-39)35-17-8-3-9-18-35)44-22-12-21-41-43-29-36-19-10-11-20-37(36)30-45(43)48-46(41)44/h1-31H. The third-order valence-corrected chi connectivity index (χ3v) is 9.25. The molecule has 0 N–H and O–H groups in total. The number of rotatable bonds is 6. The van der Waals surface area contributed by atoms with Crippen LogP contribution >= 0.6 is 0 Å². The van der Waals surface area contributed by atoms with Crippen LogP contribution in [0.4, 0.5) is 17.1 Å². The van der Waals surface area contributed by atoms with Gasteiger partial charge in [-0.25, -0.2) is 0 Å². The summed E-state index contributed by atoms with van der Waals surface area (Å²) in [5.41, 5.74) is 12.0. The third kappa shape index (κ3) is 4.92. The number of furan rings is 1. The predicted octanol–water partition coefficient (Wildman–Crippen LogP) is 13.2. The first-order chi connectivity index (χ1) is 23.8. The van der Waals surface area contributed by atoms with E-state index in [1.54, 1.807) is 0 Å². The predicted molar refractivity (Wildman–Crippen MR) is 202 cm³/mol. The van der Waals surface area contributed by atoms with Gasteiger partial charge in [-0.15, -0.1) is 0 Å². The molecular formula is C46H31NO. The minimum atomic E-state index is 0.864. The first-order valence-corrected chi connectivity index (χ1v) is 16.3. The lowest BCUT2D eigenvalue weighted by atomic mass is 9.93. The lowest BCUT2D eigenvalue weighted by Gasteiger charge is -2.27. The van der Waals surface area contributed by atoms with Crippen LogP contribution in [0.5, 0.6) is 0 Å². The molecule has 1 heterocycles.